The molecule has 6 nitrogen and oxygen atoms in total. The molecule has 106 valence electrons. The summed E-state index contributed by atoms with van der Waals surface area (Å²) in [4.78, 5) is 5.58. The highest BCUT2D eigenvalue weighted by molar-refractivity contribution is 7.92. The van der Waals surface area contributed by atoms with Gasteiger partial charge in [-0.2, -0.15) is 0 Å². The van der Waals surface area contributed by atoms with Crippen molar-refractivity contribution in [2.45, 2.75) is 4.90 Å². The van der Waals surface area contributed by atoms with Crippen LogP contribution >= 0.6 is 0 Å². The molecule has 0 saturated carbocycles. The number of anilines is 3. The van der Waals surface area contributed by atoms with Crippen molar-refractivity contribution in [1.29, 1.82) is 0 Å². The molecule has 0 unspecified atom stereocenters. The maximum absolute atomic E-state index is 12.3. The van der Waals surface area contributed by atoms with Crippen LogP contribution in [0.1, 0.15) is 0 Å². The summed E-state index contributed by atoms with van der Waals surface area (Å²) >= 11 is 0. The number of hydrogen-bond acceptors (Lipinski definition) is 5. The zero-order chi connectivity index (χ0) is 14.8. The van der Waals surface area contributed by atoms with E-state index < -0.39 is 10.0 Å². The maximum Gasteiger partial charge on any atom is 0.265 e. The van der Waals surface area contributed by atoms with E-state index in [1.54, 1.807) is 12.1 Å². The molecule has 1 aromatic carbocycles. The Balaban J connectivity index is 2.42. The molecule has 0 amide bonds. The normalized spacial score (nSPS) is 11.1. The lowest BCUT2D eigenvalue weighted by Gasteiger charge is -2.18. The Kier molecular flexibility index (Phi) is 3.80. The Morgan fingerprint density at radius 3 is 2.50 bits per heavy atom. The highest BCUT2D eigenvalue weighted by Crippen LogP contribution is 2.27. The SMILES string of the molecule is CN(C)c1ccccc1NS(=O)(=O)c1cccnc1N. The molecule has 0 radical (unpaired) electrons. The van der Waals surface area contributed by atoms with Gasteiger partial charge in [-0.15, -0.1) is 0 Å². The van der Waals surface area contributed by atoms with Gasteiger partial charge in [0.15, 0.2) is 0 Å². The van der Waals surface area contributed by atoms with Crippen molar-refractivity contribution < 1.29 is 8.42 Å². The Morgan fingerprint density at radius 2 is 1.85 bits per heavy atom. The van der Waals surface area contributed by atoms with E-state index in [-0.39, 0.29) is 10.7 Å². The second kappa shape index (κ2) is 5.38. The molecule has 1 aromatic heterocycles. The number of aromatic nitrogens is 1. The second-order valence-corrected chi connectivity index (χ2v) is 6.05. The molecule has 0 aliphatic carbocycles. The number of nitrogens with zero attached hydrogens (tertiary/aromatic N) is 2. The van der Waals surface area contributed by atoms with Crippen molar-refractivity contribution in [3.8, 4) is 0 Å². The second-order valence-electron chi connectivity index (χ2n) is 4.40. The molecular weight excluding hydrogens is 276 g/mol. The van der Waals surface area contributed by atoms with Gasteiger partial charge in [0.05, 0.1) is 11.4 Å². The van der Waals surface area contributed by atoms with Crippen LogP contribution in [0.4, 0.5) is 17.2 Å². The minimum atomic E-state index is -3.76. The molecular formula is C13H16N4O2S. The molecule has 0 atom stereocenters. The predicted molar refractivity (Wildman–Crippen MR) is 80.2 cm³/mol. The standard InChI is InChI=1S/C13H16N4O2S/c1-17(2)11-7-4-3-6-10(11)16-20(18,19)12-8-5-9-15-13(12)14/h3-9,16H,1-2H3,(H2,14,15). The fourth-order valence-corrected chi connectivity index (χ4v) is 2.94. The van der Waals surface area contributed by atoms with Crippen LogP contribution in [0.15, 0.2) is 47.5 Å². The molecule has 0 bridgehead atoms. The molecule has 3 N–H and O–H groups in total. The third kappa shape index (κ3) is 2.83. The number of nitrogen functional groups attached to an aromatic ring is 1. The topological polar surface area (TPSA) is 88.3 Å². The van der Waals surface area contributed by atoms with Gasteiger partial charge < -0.3 is 10.6 Å². The number of benzene rings is 1. The molecule has 2 aromatic rings. The van der Waals surface area contributed by atoms with Crippen molar-refractivity contribution in [1.82, 2.24) is 4.98 Å². The van der Waals surface area contributed by atoms with Crippen molar-refractivity contribution in [3.05, 3.63) is 42.6 Å². The number of pyridine rings is 1. The maximum atomic E-state index is 12.3. The van der Waals surface area contributed by atoms with Gasteiger partial charge in [-0.05, 0) is 24.3 Å². The van der Waals surface area contributed by atoms with E-state index in [0.29, 0.717) is 5.69 Å². The predicted octanol–water partition coefficient (Wildman–Crippen LogP) is 1.53. The molecule has 0 saturated heterocycles. The molecule has 20 heavy (non-hydrogen) atoms. The van der Waals surface area contributed by atoms with E-state index in [9.17, 15) is 8.42 Å². The van der Waals surface area contributed by atoms with Gasteiger partial charge in [0, 0.05) is 20.3 Å². The third-order valence-electron chi connectivity index (χ3n) is 2.72. The first-order chi connectivity index (χ1) is 9.42. The van der Waals surface area contributed by atoms with Gasteiger partial charge in [0.1, 0.15) is 10.7 Å². The van der Waals surface area contributed by atoms with E-state index in [0.717, 1.165) is 5.69 Å². The Hall–Kier alpha value is -2.28. The van der Waals surface area contributed by atoms with Crippen molar-refractivity contribution in [3.63, 3.8) is 0 Å². The quantitative estimate of drug-likeness (QED) is 0.892. The van der Waals surface area contributed by atoms with Gasteiger partial charge in [-0.3, -0.25) is 4.72 Å². The summed E-state index contributed by atoms with van der Waals surface area (Å²) < 4.78 is 27.2. The van der Waals surface area contributed by atoms with Gasteiger partial charge in [-0.1, -0.05) is 12.1 Å². The lowest BCUT2D eigenvalue weighted by atomic mass is 10.2. The zero-order valence-electron chi connectivity index (χ0n) is 11.2. The van der Waals surface area contributed by atoms with E-state index in [2.05, 4.69) is 9.71 Å². The average Bonchev–Trinajstić information content (AvgIpc) is 2.39. The van der Waals surface area contributed by atoms with E-state index in [1.165, 1.54) is 18.3 Å². The minimum Gasteiger partial charge on any atom is -0.383 e. The smallest absolute Gasteiger partial charge is 0.265 e. The van der Waals surface area contributed by atoms with E-state index in [1.807, 2.05) is 31.1 Å². The van der Waals surface area contributed by atoms with Gasteiger partial charge in [-0.25, -0.2) is 13.4 Å². The van der Waals surface area contributed by atoms with Crippen molar-refractivity contribution in [2.75, 3.05) is 29.5 Å². The van der Waals surface area contributed by atoms with E-state index >= 15 is 0 Å². The molecule has 1 heterocycles. The summed E-state index contributed by atoms with van der Waals surface area (Å²) in [5.41, 5.74) is 6.87. The first-order valence-electron chi connectivity index (χ1n) is 5.91. The van der Waals surface area contributed by atoms with Crippen LogP contribution in [-0.2, 0) is 10.0 Å². The van der Waals surface area contributed by atoms with Crippen LogP contribution in [0.2, 0.25) is 0 Å². The molecule has 0 aliphatic heterocycles. The van der Waals surface area contributed by atoms with Gasteiger partial charge in [0.2, 0.25) is 0 Å². The fourth-order valence-electron chi connectivity index (χ4n) is 1.78. The minimum absolute atomic E-state index is 0.0256. The Labute approximate surface area is 118 Å². The Bertz CT molecular complexity index is 714. The van der Waals surface area contributed by atoms with Crippen LogP contribution < -0.4 is 15.4 Å². The monoisotopic (exact) mass is 292 g/mol. The summed E-state index contributed by atoms with van der Waals surface area (Å²) in [7, 11) is -0.0865. The van der Waals surface area contributed by atoms with Crippen LogP contribution in [0.3, 0.4) is 0 Å². The largest absolute Gasteiger partial charge is 0.383 e. The number of rotatable bonds is 4. The molecule has 0 aliphatic rings. The molecule has 0 spiro atoms. The highest BCUT2D eigenvalue weighted by Gasteiger charge is 2.19. The third-order valence-corrected chi connectivity index (χ3v) is 4.13. The number of nitrogens with two attached hydrogens (primary N) is 1. The molecule has 2 rings (SSSR count). The van der Waals surface area contributed by atoms with Crippen LogP contribution in [-0.4, -0.2) is 27.5 Å². The highest BCUT2D eigenvalue weighted by atomic mass is 32.2. The fraction of sp³-hybridized carbons (Fsp3) is 0.154. The van der Waals surface area contributed by atoms with Gasteiger partial charge in [0.25, 0.3) is 10.0 Å². The number of para-hydroxylation sites is 2. The summed E-state index contributed by atoms with van der Waals surface area (Å²) in [6, 6.07) is 10.1. The number of hydrogen-bond donors (Lipinski definition) is 2. The Morgan fingerprint density at radius 1 is 1.15 bits per heavy atom. The van der Waals surface area contributed by atoms with E-state index in [4.69, 9.17) is 5.73 Å². The van der Waals surface area contributed by atoms with Crippen molar-refractivity contribution >= 4 is 27.2 Å². The van der Waals surface area contributed by atoms with Crippen LogP contribution in [0, 0.1) is 0 Å². The summed E-state index contributed by atoms with van der Waals surface area (Å²) in [6.45, 7) is 0. The number of nitrogens with one attached hydrogen (secondary N) is 1. The average molecular weight is 292 g/mol. The van der Waals surface area contributed by atoms with Crippen LogP contribution in [0.5, 0.6) is 0 Å². The number of sulfonamides is 1. The first kappa shape index (κ1) is 14.1. The molecule has 0 fully saturated rings. The lowest BCUT2D eigenvalue weighted by Crippen LogP contribution is -2.18. The lowest BCUT2D eigenvalue weighted by molar-refractivity contribution is 0.601. The molecule has 7 heteroatoms. The summed E-state index contributed by atoms with van der Waals surface area (Å²) in [6.07, 6.45) is 1.45. The summed E-state index contributed by atoms with van der Waals surface area (Å²) in [5.74, 6) is -0.0256. The summed E-state index contributed by atoms with van der Waals surface area (Å²) in [5, 5.41) is 0. The van der Waals surface area contributed by atoms with Gasteiger partial charge >= 0.3 is 0 Å². The van der Waals surface area contributed by atoms with Crippen LogP contribution in [0.25, 0.3) is 0 Å². The first-order valence-corrected chi connectivity index (χ1v) is 7.40. The zero-order valence-corrected chi connectivity index (χ0v) is 12.1. The van der Waals surface area contributed by atoms with Crippen molar-refractivity contribution in [2.24, 2.45) is 0 Å².